The van der Waals surface area contributed by atoms with Crippen molar-refractivity contribution in [2.24, 2.45) is 0 Å². The molecular formula is C62H57BN4S. The van der Waals surface area contributed by atoms with Crippen molar-refractivity contribution in [3.8, 4) is 0 Å². The van der Waals surface area contributed by atoms with Gasteiger partial charge in [-0.2, -0.15) is 0 Å². The topological polar surface area (TPSA) is 13.0 Å². The van der Waals surface area contributed by atoms with Gasteiger partial charge < -0.3 is 19.6 Å². The smallest absolute Gasteiger partial charge is 0.264 e. The van der Waals surface area contributed by atoms with Crippen LogP contribution in [0.3, 0.4) is 0 Å². The molecule has 0 unspecified atom stereocenters. The first-order valence-electron chi connectivity index (χ1n) is 24.1. The highest BCUT2D eigenvalue weighted by Crippen LogP contribution is 2.59. The Bertz CT molecular complexity index is 3410. The predicted molar refractivity (Wildman–Crippen MR) is 295 cm³/mol. The maximum absolute atomic E-state index is 2.60. The normalized spacial score (nSPS) is 14.1. The largest absolute Gasteiger partial charge is 0.311 e. The quantitative estimate of drug-likeness (QED) is 0.163. The number of nitrogens with zero attached hydrogens (tertiary/aromatic N) is 4. The molecular weight excluding hydrogens is 844 g/mol. The molecule has 0 saturated carbocycles. The van der Waals surface area contributed by atoms with Crippen LogP contribution in [-0.4, -0.2) is 6.71 Å². The molecule has 0 bridgehead atoms. The Balaban J connectivity index is 1.19. The van der Waals surface area contributed by atoms with Gasteiger partial charge in [0.05, 0.1) is 33.1 Å². The molecule has 0 aliphatic carbocycles. The number of anilines is 12. The maximum Gasteiger partial charge on any atom is 0.264 e. The summed E-state index contributed by atoms with van der Waals surface area (Å²) in [4.78, 5) is 10.1. The number of fused-ring (bicyclic) bond motifs is 9. The Kier molecular flexibility index (Phi) is 9.50. The second-order valence-corrected chi connectivity index (χ2v) is 22.9. The Morgan fingerprint density at radius 2 is 0.779 bits per heavy atom. The van der Waals surface area contributed by atoms with Crippen molar-refractivity contribution < 1.29 is 0 Å². The zero-order chi connectivity index (χ0) is 46.9. The molecule has 4 heterocycles. The average molecular weight is 901 g/mol. The lowest BCUT2D eigenvalue weighted by molar-refractivity contribution is 0.590. The molecule has 9 aromatic rings. The lowest BCUT2D eigenvalue weighted by atomic mass is 9.36. The van der Waals surface area contributed by atoms with E-state index in [1.807, 2.05) is 11.3 Å². The molecule has 0 atom stereocenters. The maximum atomic E-state index is 2.60. The van der Waals surface area contributed by atoms with Crippen LogP contribution >= 0.6 is 11.3 Å². The van der Waals surface area contributed by atoms with Crippen LogP contribution in [0.1, 0.15) is 79.0 Å². The van der Waals surface area contributed by atoms with E-state index in [1.165, 1.54) is 76.6 Å². The zero-order valence-corrected chi connectivity index (χ0v) is 41.4. The molecule has 68 heavy (non-hydrogen) atoms. The molecule has 3 aliphatic rings. The summed E-state index contributed by atoms with van der Waals surface area (Å²) in [6, 6.07) is 68.5. The molecule has 8 aromatic carbocycles. The van der Waals surface area contributed by atoms with Gasteiger partial charge >= 0.3 is 0 Å². The van der Waals surface area contributed by atoms with Gasteiger partial charge in [-0.3, -0.25) is 0 Å². The number of rotatable bonds is 4. The van der Waals surface area contributed by atoms with E-state index < -0.39 is 0 Å². The third-order valence-electron chi connectivity index (χ3n) is 14.4. The molecule has 0 fully saturated rings. The summed E-state index contributed by atoms with van der Waals surface area (Å²) in [6.45, 7) is 20.8. The Morgan fingerprint density at radius 1 is 0.353 bits per heavy atom. The van der Waals surface area contributed by atoms with Crippen LogP contribution in [0.2, 0.25) is 0 Å². The minimum atomic E-state index is -0.0456. The van der Waals surface area contributed by atoms with E-state index in [9.17, 15) is 0 Å². The standard InChI is InChI=1S/C62H57BN4S/c1-60(2,3)40-27-32-45(33-28-40)64-49-37-31-42(62(7,8)9)39-48(49)63-55-52(64)25-18-26-53(55)67(46-34-29-41(30-35-46)61(4,5)6)56-47-36-38-54-57(58(47)68-59(56)63)66(44-21-14-11-15-22-44)51-24-17-16-23-50(51)65(54)43-19-12-10-13-20-43/h10-39H,1-9H3. The minimum absolute atomic E-state index is 0.0111. The van der Waals surface area contributed by atoms with E-state index in [1.54, 1.807) is 0 Å². The zero-order valence-electron chi connectivity index (χ0n) is 40.6. The highest BCUT2D eigenvalue weighted by Gasteiger charge is 2.46. The van der Waals surface area contributed by atoms with Gasteiger partial charge in [0.1, 0.15) is 0 Å². The van der Waals surface area contributed by atoms with Gasteiger partial charge in [-0.05, 0) is 135 Å². The average Bonchev–Trinajstić information content (AvgIpc) is 3.72. The third-order valence-corrected chi connectivity index (χ3v) is 15.7. The highest BCUT2D eigenvalue weighted by molar-refractivity contribution is 7.34. The van der Waals surface area contributed by atoms with E-state index in [0.29, 0.717) is 0 Å². The highest BCUT2D eigenvalue weighted by atomic mass is 32.1. The summed E-state index contributed by atoms with van der Waals surface area (Å²) in [5.74, 6) is 0. The van der Waals surface area contributed by atoms with Crippen LogP contribution in [0.5, 0.6) is 0 Å². The molecule has 0 spiro atoms. The van der Waals surface area contributed by atoms with Gasteiger partial charge in [0.25, 0.3) is 6.71 Å². The molecule has 1 aromatic heterocycles. The summed E-state index contributed by atoms with van der Waals surface area (Å²) in [5.41, 5.74) is 20.9. The van der Waals surface area contributed by atoms with Crippen molar-refractivity contribution in [1.29, 1.82) is 0 Å². The van der Waals surface area contributed by atoms with Gasteiger partial charge in [-0.15, -0.1) is 11.3 Å². The van der Waals surface area contributed by atoms with Crippen LogP contribution in [0.4, 0.5) is 68.2 Å². The second-order valence-electron chi connectivity index (χ2n) is 21.9. The fraction of sp³-hybridized carbons (Fsp3) is 0.194. The monoisotopic (exact) mass is 900 g/mol. The van der Waals surface area contributed by atoms with Crippen molar-refractivity contribution in [2.75, 3.05) is 19.6 Å². The molecule has 0 saturated heterocycles. The Hall–Kier alpha value is -7.02. The molecule has 3 aliphatic heterocycles. The summed E-state index contributed by atoms with van der Waals surface area (Å²) >= 11 is 1.98. The van der Waals surface area contributed by atoms with Gasteiger partial charge in [0.15, 0.2) is 0 Å². The fourth-order valence-electron chi connectivity index (χ4n) is 10.9. The first-order chi connectivity index (χ1) is 32.7. The van der Waals surface area contributed by atoms with Crippen LogP contribution in [0.25, 0.3) is 10.1 Å². The van der Waals surface area contributed by atoms with Crippen molar-refractivity contribution >= 4 is 112 Å². The molecule has 0 N–H and O–H groups in total. The molecule has 0 radical (unpaired) electrons. The van der Waals surface area contributed by atoms with Gasteiger partial charge in [-0.25, -0.2) is 0 Å². The molecule has 6 heteroatoms. The Labute approximate surface area is 406 Å². The molecule has 12 rings (SSSR count). The van der Waals surface area contributed by atoms with Crippen molar-refractivity contribution in [1.82, 2.24) is 0 Å². The SMILES string of the molecule is CC(C)(C)c1ccc(N2c3ccc(C(C)(C)C)cc3B3c4sc5c6c(ccc5c4N(c4ccc(C(C)(C)C)cc4)c4cccc2c43)N(c2ccccc2)c2ccccc2N6c2ccccc2)cc1. The number of thiophene rings is 1. The van der Waals surface area contributed by atoms with Crippen LogP contribution in [0.15, 0.2) is 182 Å². The fourth-order valence-corrected chi connectivity index (χ4v) is 12.3. The molecule has 4 nitrogen and oxygen atoms in total. The number of hydrogen-bond donors (Lipinski definition) is 0. The van der Waals surface area contributed by atoms with E-state index in [4.69, 9.17) is 0 Å². The molecule has 334 valence electrons. The summed E-state index contributed by atoms with van der Waals surface area (Å²) in [7, 11) is 0. The van der Waals surface area contributed by atoms with Gasteiger partial charge in [-0.1, -0.05) is 153 Å². The van der Waals surface area contributed by atoms with Gasteiger partial charge in [0, 0.05) is 50.0 Å². The van der Waals surface area contributed by atoms with Crippen LogP contribution < -0.4 is 35.3 Å². The first-order valence-corrected chi connectivity index (χ1v) is 25.0. The van der Waals surface area contributed by atoms with Crippen molar-refractivity contribution in [3.63, 3.8) is 0 Å². The lowest BCUT2D eigenvalue weighted by Gasteiger charge is -2.43. The first kappa shape index (κ1) is 42.3. The van der Waals surface area contributed by atoms with Crippen molar-refractivity contribution in [2.45, 2.75) is 78.6 Å². The summed E-state index contributed by atoms with van der Waals surface area (Å²) in [6.07, 6.45) is 0. The number of hydrogen-bond acceptors (Lipinski definition) is 5. The molecule has 0 amide bonds. The summed E-state index contributed by atoms with van der Waals surface area (Å²) in [5, 5.41) is 1.25. The predicted octanol–water partition coefficient (Wildman–Crippen LogP) is 16.1. The number of benzene rings is 8. The van der Waals surface area contributed by atoms with E-state index in [-0.39, 0.29) is 23.0 Å². The number of para-hydroxylation sites is 4. The van der Waals surface area contributed by atoms with E-state index >= 15 is 0 Å². The third kappa shape index (κ3) is 6.55. The minimum Gasteiger partial charge on any atom is -0.311 e. The van der Waals surface area contributed by atoms with Crippen molar-refractivity contribution in [3.05, 3.63) is 199 Å². The summed E-state index contributed by atoms with van der Waals surface area (Å²) < 4.78 is 2.63. The van der Waals surface area contributed by atoms with Crippen LogP contribution in [0, 0.1) is 0 Å². The van der Waals surface area contributed by atoms with Crippen LogP contribution in [-0.2, 0) is 16.2 Å². The van der Waals surface area contributed by atoms with Gasteiger partial charge in [0.2, 0.25) is 0 Å². The lowest BCUT2D eigenvalue weighted by Crippen LogP contribution is -2.60. The van der Waals surface area contributed by atoms with E-state index in [0.717, 1.165) is 34.1 Å². The Morgan fingerprint density at radius 3 is 1.35 bits per heavy atom. The second kappa shape index (κ2) is 15.2. The van der Waals surface area contributed by atoms with E-state index in [2.05, 4.69) is 264 Å².